The first kappa shape index (κ1) is 13.3. The maximum atomic E-state index is 11.8. The molecule has 0 aromatic carbocycles. The highest BCUT2D eigenvalue weighted by molar-refractivity contribution is 9.09. The number of carbonyl (C=O) groups excluding carboxylic acids is 1. The summed E-state index contributed by atoms with van der Waals surface area (Å²) in [4.78, 5) is 12.1. The second-order valence-electron chi connectivity index (χ2n) is 3.92. The Kier molecular flexibility index (Phi) is 5.06. The van der Waals surface area contributed by atoms with Crippen LogP contribution in [0.3, 0.4) is 0 Å². The summed E-state index contributed by atoms with van der Waals surface area (Å²) in [5.74, 6) is 1.39. The van der Waals surface area contributed by atoms with Crippen molar-refractivity contribution in [2.45, 2.75) is 38.4 Å². The molecule has 1 amide bonds. The second-order valence-corrected chi connectivity index (χ2v) is 5.22. The number of hydrogen-bond acceptors (Lipinski definition) is 2. The minimum Gasteiger partial charge on any atom is -0.466 e. The van der Waals surface area contributed by atoms with Crippen LogP contribution in [0, 0.1) is 13.8 Å². The third-order valence-corrected chi connectivity index (χ3v) is 3.15. The van der Waals surface area contributed by atoms with Crippen LogP contribution < -0.4 is 5.32 Å². The van der Waals surface area contributed by atoms with Gasteiger partial charge in [-0.25, -0.2) is 0 Å². The van der Waals surface area contributed by atoms with E-state index in [1.54, 1.807) is 13.0 Å². The zero-order valence-electron chi connectivity index (χ0n) is 9.97. The Labute approximate surface area is 105 Å². The van der Waals surface area contributed by atoms with E-state index in [2.05, 4.69) is 28.2 Å². The molecule has 0 aliphatic heterocycles. The molecule has 90 valence electrons. The summed E-state index contributed by atoms with van der Waals surface area (Å²) >= 11 is 3.52. The molecule has 0 radical (unpaired) electrons. The van der Waals surface area contributed by atoms with Crippen molar-refractivity contribution in [2.24, 2.45) is 0 Å². The van der Waals surface area contributed by atoms with E-state index >= 15 is 0 Å². The van der Waals surface area contributed by atoms with Crippen LogP contribution in [0.4, 0.5) is 0 Å². The standard InChI is InChI=1S/C12H18BrNO2/c1-4-5-10(13)7-14-12(15)11-6-8(2)16-9(11)3/h6,10H,4-5,7H2,1-3H3,(H,14,15). The van der Waals surface area contributed by atoms with Gasteiger partial charge in [-0.15, -0.1) is 0 Å². The van der Waals surface area contributed by atoms with E-state index in [-0.39, 0.29) is 5.91 Å². The largest absolute Gasteiger partial charge is 0.466 e. The van der Waals surface area contributed by atoms with E-state index in [0.29, 0.717) is 22.7 Å². The quantitative estimate of drug-likeness (QED) is 0.845. The summed E-state index contributed by atoms with van der Waals surface area (Å²) < 4.78 is 5.32. The van der Waals surface area contributed by atoms with Gasteiger partial charge < -0.3 is 9.73 Å². The van der Waals surface area contributed by atoms with Crippen LogP contribution in [-0.4, -0.2) is 17.3 Å². The molecule has 1 atom stereocenters. The fraction of sp³-hybridized carbons (Fsp3) is 0.583. The second kappa shape index (κ2) is 6.09. The maximum Gasteiger partial charge on any atom is 0.254 e. The summed E-state index contributed by atoms with van der Waals surface area (Å²) in [5, 5.41) is 2.89. The molecule has 0 aliphatic carbocycles. The van der Waals surface area contributed by atoms with Crippen LogP contribution in [0.2, 0.25) is 0 Å². The SMILES string of the molecule is CCCC(Br)CNC(=O)c1cc(C)oc1C. The van der Waals surface area contributed by atoms with Gasteiger partial charge >= 0.3 is 0 Å². The number of rotatable bonds is 5. The van der Waals surface area contributed by atoms with E-state index < -0.39 is 0 Å². The molecule has 4 heteroatoms. The van der Waals surface area contributed by atoms with Crippen molar-refractivity contribution < 1.29 is 9.21 Å². The fourth-order valence-corrected chi connectivity index (χ4v) is 2.19. The van der Waals surface area contributed by atoms with Crippen LogP contribution in [-0.2, 0) is 0 Å². The zero-order valence-corrected chi connectivity index (χ0v) is 11.6. The number of nitrogens with one attached hydrogen (secondary N) is 1. The Morgan fingerprint density at radius 2 is 2.25 bits per heavy atom. The van der Waals surface area contributed by atoms with E-state index in [4.69, 9.17) is 4.42 Å². The molecule has 0 bridgehead atoms. The number of amides is 1. The number of halogens is 1. The zero-order chi connectivity index (χ0) is 12.1. The first-order chi connectivity index (χ1) is 7.54. The molecule has 0 fully saturated rings. The lowest BCUT2D eigenvalue weighted by Crippen LogP contribution is -2.29. The van der Waals surface area contributed by atoms with Crippen molar-refractivity contribution in [1.82, 2.24) is 5.32 Å². The van der Waals surface area contributed by atoms with Crippen molar-refractivity contribution in [1.29, 1.82) is 0 Å². The molecular formula is C12H18BrNO2. The minimum absolute atomic E-state index is 0.0603. The monoisotopic (exact) mass is 287 g/mol. The lowest BCUT2D eigenvalue weighted by molar-refractivity contribution is 0.0952. The number of alkyl halides is 1. The predicted molar refractivity (Wildman–Crippen MR) is 68.1 cm³/mol. The molecule has 0 spiro atoms. The normalized spacial score (nSPS) is 12.5. The predicted octanol–water partition coefficient (Wildman–Crippen LogP) is 3.19. The number of furan rings is 1. The lowest BCUT2D eigenvalue weighted by Gasteiger charge is -2.09. The molecule has 1 aromatic rings. The average molecular weight is 288 g/mol. The molecule has 16 heavy (non-hydrogen) atoms. The van der Waals surface area contributed by atoms with Crippen LogP contribution in [0.25, 0.3) is 0 Å². The topological polar surface area (TPSA) is 42.2 Å². The van der Waals surface area contributed by atoms with E-state index in [1.165, 1.54) is 0 Å². The smallest absolute Gasteiger partial charge is 0.254 e. The van der Waals surface area contributed by atoms with Gasteiger partial charge in [-0.1, -0.05) is 29.3 Å². The molecule has 1 aromatic heterocycles. The van der Waals surface area contributed by atoms with Gasteiger partial charge in [0.2, 0.25) is 0 Å². The highest BCUT2D eigenvalue weighted by Crippen LogP contribution is 2.13. The Hall–Kier alpha value is -0.770. The Balaban J connectivity index is 2.50. The molecule has 1 rings (SSSR count). The van der Waals surface area contributed by atoms with Gasteiger partial charge in [-0.05, 0) is 26.3 Å². The van der Waals surface area contributed by atoms with E-state index in [9.17, 15) is 4.79 Å². The lowest BCUT2D eigenvalue weighted by atomic mass is 10.2. The van der Waals surface area contributed by atoms with Crippen molar-refractivity contribution >= 4 is 21.8 Å². The molecule has 1 N–H and O–H groups in total. The van der Waals surface area contributed by atoms with Gasteiger partial charge in [0.05, 0.1) is 5.56 Å². The third-order valence-electron chi connectivity index (χ3n) is 2.37. The minimum atomic E-state index is -0.0603. The highest BCUT2D eigenvalue weighted by atomic mass is 79.9. The Morgan fingerprint density at radius 3 is 2.75 bits per heavy atom. The van der Waals surface area contributed by atoms with Crippen LogP contribution in [0.5, 0.6) is 0 Å². The molecular weight excluding hydrogens is 270 g/mol. The molecule has 1 unspecified atom stereocenters. The first-order valence-electron chi connectivity index (χ1n) is 5.54. The van der Waals surface area contributed by atoms with Crippen LogP contribution in [0.15, 0.2) is 10.5 Å². The van der Waals surface area contributed by atoms with Crippen molar-refractivity contribution in [2.75, 3.05) is 6.54 Å². The van der Waals surface area contributed by atoms with Crippen molar-refractivity contribution in [3.05, 3.63) is 23.2 Å². The molecule has 0 saturated heterocycles. The van der Waals surface area contributed by atoms with Gasteiger partial charge in [-0.2, -0.15) is 0 Å². The molecule has 0 saturated carbocycles. The highest BCUT2D eigenvalue weighted by Gasteiger charge is 2.14. The molecule has 0 aliphatic rings. The third kappa shape index (κ3) is 3.67. The fourth-order valence-electron chi connectivity index (χ4n) is 1.57. The summed E-state index contributed by atoms with van der Waals surface area (Å²) in [6.07, 6.45) is 2.17. The van der Waals surface area contributed by atoms with E-state index in [1.807, 2.05) is 6.92 Å². The summed E-state index contributed by atoms with van der Waals surface area (Å²) in [6, 6.07) is 1.77. The number of aryl methyl sites for hydroxylation is 2. The molecule has 1 heterocycles. The van der Waals surface area contributed by atoms with Crippen LogP contribution >= 0.6 is 15.9 Å². The van der Waals surface area contributed by atoms with Crippen molar-refractivity contribution in [3.63, 3.8) is 0 Å². The van der Waals surface area contributed by atoms with Crippen molar-refractivity contribution in [3.8, 4) is 0 Å². The first-order valence-corrected chi connectivity index (χ1v) is 6.45. The number of carbonyl (C=O) groups is 1. The molecule has 3 nitrogen and oxygen atoms in total. The van der Waals surface area contributed by atoms with E-state index in [0.717, 1.165) is 18.6 Å². The summed E-state index contributed by atoms with van der Waals surface area (Å²) in [7, 11) is 0. The average Bonchev–Trinajstić information content (AvgIpc) is 2.55. The number of hydrogen-bond donors (Lipinski definition) is 1. The van der Waals surface area contributed by atoms with Gasteiger partial charge in [0.1, 0.15) is 11.5 Å². The van der Waals surface area contributed by atoms with Crippen LogP contribution in [0.1, 0.15) is 41.6 Å². The summed E-state index contributed by atoms with van der Waals surface area (Å²) in [5.41, 5.74) is 0.633. The van der Waals surface area contributed by atoms with Gasteiger partial charge in [0.15, 0.2) is 0 Å². The van der Waals surface area contributed by atoms with Gasteiger partial charge in [0.25, 0.3) is 5.91 Å². The van der Waals surface area contributed by atoms with Gasteiger partial charge in [-0.3, -0.25) is 4.79 Å². The van der Waals surface area contributed by atoms with Gasteiger partial charge in [0, 0.05) is 11.4 Å². The Bertz CT molecular complexity index is 360. The summed E-state index contributed by atoms with van der Waals surface area (Å²) in [6.45, 7) is 6.42. The Morgan fingerprint density at radius 1 is 1.56 bits per heavy atom. The maximum absolute atomic E-state index is 11.8.